The minimum Gasteiger partial charge on any atom is -0.368 e. The van der Waals surface area contributed by atoms with Crippen LogP contribution in [0.5, 0.6) is 0 Å². The number of sulfonamides is 1. The van der Waals surface area contributed by atoms with E-state index in [1.165, 1.54) is 34.7 Å². The molecule has 0 atom stereocenters. The molecule has 3 aromatic rings. The molecule has 2 aliphatic rings. The van der Waals surface area contributed by atoms with E-state index in [4.69, 9.17) is 4.52 Å². The van der Waals surface area contributed by atoms with Gasteiger partial charge in [0.2, 0.25) is 15.9 Å². The fourth-order valence-electron chi connectivity index (χ4n) is 5.14. The predicted molar refractivity (Wildman–Crippen MR) is 143 cm³/mol. The van der Waals surface area contributed by atoms with Crippen LogP contribution in [-0.4, -0.2) is 68.0 Å². The van der Waals surface area contributed by atoms with Crippen molar-refractivity contribution in [2.24, 2.45) is 5.92 Å². The molecule has 0 saturated carbocycles. The fourth-order valence-corrected chi connectivity index (χ4v) is 6.86. The lowest BCUT2D eigenvalue weighted by molar-refractivity contribution is -0.137. The molecule has 3 heterocycles. The highest BCUT2D eigenvalue weighted by Gasteiger charge is 2.37. The van der Waals surface area contributed by atoms with E-state index in [2.05, 4.69) is 10.1 Å². The molecule has 2 aromatic carbocycles. The van der Waals surface area contributed by atoms with Gasteiger partial charge >= 0.3 is 0 Å². The van der Waals surface area contributed by atoms with Crippen LogP contribution in [0, 0.1) is 24.5 Å². The molecule has 2 saturated heterocycles. The highest BCUT2D eigenvalue weighted by Crippen LogP contribution is 2.30. The molecule has 1 amide bonds. The van der Waals surface area contributed by atoms with E-state index in [0.717, 1.165) is 5.69 Å². The first-order valence-corrected chi connectivity index (χ1v) is 14.4. The number of rotatable bonds is 6. The van der Waals surface area contributed by atoms with Crippen molar-refractivity contribution in [1.29, 1.82) is 0 Å². The van der Waals surface area contributed by atoms with Gasteiger partial charge in [0.05, 0.1) is 0 Å². The van der Waals surface area contributed by atoms with Crippen molar-refractivity contribution in [2.75, 3.05) is 44.2 Å². The first kappa shape index (κ1) is 27.0. The number of hydrogen-bond acceptors (Lipinski definition) is 6. The van der Waals surface area contributed by atoms with Gasteiger partial charge in [-0.1, -0.05) is 23.4 Å². The second kappa shape index (κ2) is 11.3. The second-order valence-electron chi connectivity index (χ2n) is 9.78. The molecular weight excluding hydrogens is 526 g/mol. The zero-order chi connectivity index (χ0) is 27.6. The Bertz CT molecular complexity index is 1460. The predicted octanol–water partition coefficient (Wildman–Crippen LogP) is 4.18. The van der Waals surface area contributed by atoms with Gasteiger partial charge in [-0.25, -0.2) is 17.2 Å². The number of piperidine rings is 1. The summed E-state index contributed by atoms with van der Waals surface area (Å²) >= 11 is 0. The monoisotopic (exact) mass is 556 g/mol. The van der Waals surface area contributed by atoms with Gasteiger partial charge in [-0.2, -0.15) is 4.31 Å². The normalized spacial score (nSPS) is 17.7. The third-order valence-corrected chi connectivity index (χ3v) is 9.39. The summed E-state index contributed by atoms with van der Waals surface area (Å²) < 4.78 is 60.9. The molecule has 0 N–H and O–H groups in total. The summed E-state index contributed by atoms with van der Waals surface area (Å²) in [5, 5.41) is 3.84. The van der Waals surface area contributed by atoms with Gasteiger partial charge in [0.1, 0.15) is 17.3 Å². The van der Waals surface area contributed by atoms with Gasteiger partial charge in [-0.15, -0.1) is 0 Å². The van der Waals surface area contributed by atoms with E-state index in [0.29, 0.717) is 44.6 Å². The molecule has 1 aromatic heterocycles. The summed E-state index contributed by atoms with van der Waals surface area (Å²) in [6.07, 6.45) is 3.70. The van der Waals surface area contributed by atoms with Crippen molar-refractivity contribution in [2.45, 2.75) is 24.7 Å². The summed E-state index contributed by atoms with van der Waals surface area (Å²) in [6, 6.07) is 12.5. The van der Waals surface area contributed by atoms with E-state index < -0.39 is 15.8 Å². The Labute approximate surface area is 226 Å². The van der Waals surface area contributed by atoms with Gasteiger partial charge in [0.25, 0.3) is 0 Å². The number of hydrogen-bond donors (Lipinski definition) is 0. The number of anilines is 1. The first-order chi connectivity index (χ1) is 18.7. The van der Waals surface area contributed by atoms with Crippen LogP contribution in [0.1, 0.15) is 29.9 Å². The van der Waals surface area contributed by atoms with E-state index in [1.54, 1.807) is 37.3 Å². The number of carbonyl (C=O) groups excluding carboxylic acids is 1. The maximum atomic E-state index is 14.0. The summed E-state index contributed by atoms with van der Waals surface area (Å²) in [5.74, 6) is -0.889. The number of piperazine rings is 1. The number of nitrogens with zero attached hydrogens (tertiary/aromatic N) is 4. The van der Waals surface area contributed by atoms with Crippen LogP contribution >= 0.6 is 0 Å². The van der Waals surface area contributed by atoms with E-state index in [9.17, 15) is 22.0 Å². The Kier molecular flexibility index (Phi) is 7.81. The lowest BCUT2D eigenvalue weighted by Crippen LogP contribution is -2.52. The quantitative estimate of drug-likeness (QED) is 0.453. The summed E-state index contributed by atoms with van der Waals surface area (Å²) in [5.41, 5.74) is 1.45. The first-order valence-electron chi connectivity index (χ1n) is 12.9. The molecule has 0 radical (unpaired) electrons. The highest BCUT2D eigenvalue weighted by atomic mass is 32.2. The second-order valence-corrected chi connectivity index (χ2v) is 11.7. The van der Waals surface area contributed by atoms with Gasteiger partial charge in [0.15, 0.2) is 10.7 Å². The van der Waals surface area contributed by atoms with Crippen LogP contribution in [0.2, 0.25) is 0 Å². The van der Waals surface area contributed by atoms with Crippen molar-refractivity contribution in [3.8, 4) is 0 Å². The number of aromatic nitrogens is 1. The molecule has 11 heteroatoms. The van der Waals surface area contributed by atoms with E-state index in [-0.39, 0.29) is 47.1 Å². The third-order valence-electron chi connectivity index (χ3n) is 7.34. The topological polar surface area (TPSA) is 87.0 Å². The van der Waals surface area contributed by atoms with E-state index in [1.807, 2.05) is 4.90 Å². The van der Waals surface area contributed by atoms with Gasteiger partial charge in [0, 0.05) is 56.4 Å². The lowest BCUT2D eigenvalue weighted by Gasteiger charge is -2.39. The summed E-state index contributed by atoms with van der Waals surface area (Å²) in [6.45, 7) is 4.39. The smallest absolute Gasteiger partial charge is 0.248 e. The summed E-state index contributed by atoms with van der Waals surface area (Å²) in [7, 11) is -3.94. The highest BCUT2D eigenvalue weighted by molar-refractivity contribution is 7.89. The van der Waals surface area contributed by atoms with Gasteiger partial charge in [-0.3, -0.25) is 4.79 Å². The van der Waals surface area contributed by atoms with Crippen molar-refractivity contribution >= 4 is 33.8 Å². The Morgan fingerprint density at radius 3 is 2.28 bits per heavy atom. The zero-order valence-corrected chi connectivity index (χ0v) is 22.4. The fraction of sp³-hybridized carbons (Fsp3) is 0.357. The number of amides is 1. The molecule has 8 nitrogen and oxygen atoms in total. The average molecular weight is 557 g/mol. The maximum absolute atomic E-state index is 14.0. The van der Waals surface area contributed by atoms with Crippen molar-refractivity contribution in [1.82, 2.24) is 14.4 Å². The van der Waals surface area contributed by atoms with Crippen LogP contribution in [0.3, 0.4) is 0 Å². The minimum atomic E-state index is -3.94. The molecule has 0 spiro atoms. The molecule has 2 aliphatic heterocycles. The molecular formula is C28H30F2N4O4S. The van der Waals surface area contributed by atoms with Crippen molar-refractivity contribution in [3.05, 3.63) is 77.2 Å². The molecule has 2 fully saturated rings. The molecule has 0 bridgehead atoms. The van der Waals surface area contributed by atoms with Gasteiger partial charge in [-0.05, 0) is 62.2 Å². The minimum absolute atomic E-state index is 0.0352. The molecule has 0 unspecified atom stereocenters. The molecule has 39 heavy (non-hydrogen) atoms. The Hall–Kier alpha value is -3.57. The molecule has 206 valence electrons. The molecule has 5 rings (SSSR count). The Morgan fingerprint density at radius 2 is 1.62 bits per heavy atom. The number of halogens is 2. The number of benzene rings is 2. The maximum Gasteiger partial charge on any atom is 0.248 e. The van der Waals surface area contributed by atoms with Crippen molar-refractivity contribution in [3.63, 3.8) is 0 Å². The average Bonchev–Trinajstić information content (AvgIpc) is 3.33. The summed E-state index contributed by atoms with van der Waals surface area (Å²) in [4.78, 5) is 17.1. The SMILES string of the molecule is Cc1noc(/C=C/c2ccccc2F)c1S(=O)(=O)N1CCC(C(=O)N2CCN(c3ccc(F)cc3)CC2)CC1. The molecule has 0 aliphatic carbocycles. The van der Waals surface area contributed by atoms with Crippen LogP contribution < -0.4 is 4.90 Å². The van der Waals surface area contributed by atoms with Crippen LogP contribution in [-0.2, 0) is 14.8 Å². The van der Waals surface area contributed by atoms with Gasteiger partial charge < -0.3 is 14.3 Å². The number of aryl methyl sites for hydroxylation is 1. The Morgan fingerprint density at radius 1 is 0.949 bits per heavy atom. The van der Waals surface area contributed by atoms with Crippen molar-refractivity contribution < 1.29 is 26.5 Å². The van der Waals surface area contributed by atoms with Crippen LogP contribution in [0.25, 0.3) is 12.2 Å². The standard InChI is InChI=1S/C28H30F2N4O4S/c1-20-27(26(38-31-20)11-6-21-4-2-3-5-25(21)30)39(36,37)34-14-12-22(13-15-34)28(35)33-18-16-32(17-19-33)24-9-7-23(29)8-10-24/h2-11,22H,12-19H2,1H3/b11-6+. The number of carbonyl (C=O) groups is 1. The van der Waals surface area contributed by atoms with Crippen LogP contribution in [0.4, 0.5) is 14.5 Å². The third kappa shape index (κ3) is 5.74. The lowest BCUT2D eigenvalue weighted by atomic mass is 9.96. The largest absolute Gasteiger partial charge is 0.368 e. The zero-order valence-electron chi connectivity index (χ0n) is 21.6. The van der Waals surface area contributed by atoms with Crippen LogP contribution in [0.15, 0.2) is 57.9 Å². The Balaban J connectivity index is 1.20. The van der Waals surface area contributed by atoms with E-state index >= 15 is 0 Å².